The third-order valence-corrected chi connectivity index (χ3v) is 2.83. The van der Waals surface area contributed by atoms with Crippen molar-refractivity contribution in [2.75, 3.05) is 5.73 Å². The van der Waals surface area contributed by atoms with E-state index < -0.39 is 5.82 Å². The zero-order chi connectivity index (χ0) is 12.6. The first-order chi connectivity index (χ1) is 7.99. The number of nitrogen functional groups attached to an aromatic ring is 1. The van der Waals surface area contributed by atoms with E-state index in [0.29, 0.717) is 17.1 Å². The van der Waals surface area contributed by atoms with Crippen molar-refractivity contribution in [3.8, 4) is 11.3 Å². The van der Waals surface area contributed by atoms with Gasteiger partial charge in [0.05, 0.1) is 16.4 Å². The minimum absolute atomic E-state index is 0.272. The van der Waals surface area contributed by atoms with Gasteiger partial charge in [0.1, 0.15) is 17.3 Å². The first-order valence-electron chi connectivity index (χ1n) is 5.05. The molecule has 17 heavy (non-hydrogen) atoms. The zero-order valence-electron chi connectivity index (χ0n) is 9.46. The maximum Gasteiger partial charge on any atom is 0.150 e. The summed E-state index contributed by atoms with van der Waals surface area (Å²) in [7, 11) is 0. The Morgan fingerprint density at radius 2 is 1.82 bits per heavy atom. The fourth-order valence-electron chi connectivity index (χ4n) is 1.50. The van der Waals surface area contributed by atoms with Crippen LogP contribution in [0.1, 0.15) is 11.4 Å². The molecule has 1 aromatic carbocycles. The van der Waals surface area contributed by atoms with Crippen LogP contribution in [0.3, 0.4) is 0 Å². The number of benzene rings is 1. The van der Waals surface area contributed by atoms with Crippen molar-refractivity contribution in [1.82, 2.24) is 9.97 Å². The molecule has 0 bridgehead atoms. The fraction of sp³-hybridized carbons (Fsp3) is 0.167. The van der Waals surface area contributed by atoms with Crippen LogP contribution in [-0.4, -0.2) is 9.97 Å². The van der Waals surface area contributed by atoms with E-state index in [0.717, 1.165) is 11.4 Å². The SMILES string of the molecule is Cc1nc(N)c(-c2ccc(F)cc2Cl)nc1C. The second kappa shape index (κ2) is 4.30. The van der Waals surface area contributed by atoms with Crippen molar-refractivity contribution in [3.05, 3.63) is 40.4 Å². The summed E-state index contributed by atoms with van der Waals surface area (Å²) >= 11 is 5.96. The van der Waals surface area contributed by atoms with Crippen LogP contribution in [-0.2, 0) is 0 Å². The number of halogens is 2. The van der Waals surface area contributed by atoms with Crippen molar-refractivity contribution in [2.45, 2.75) is 13.8 Å². The van der Waals surface area contributed by atoms with Gasteiger partial charge in [-0.15, -0.1) is 0 Å². The third-order valence-electron chi connectivity index (χ3n) is 2.52. The molecule has 5 heteroatoms. The maximum atomic E-state index is 13.0. The Morgan fingerprint density at radius 1 is 1.18 bits per heavy atom. The van der Waals surface area contributed by atoms with E-state index in [1.807, 2.05) is 13.8 Å². The number of hydrogen-bond acceptors (Lipinski definition) is 3. The first kappa shape index (κ1) is 11.8. The van der Waals surface area contributed by atoms with Crippen molar-refractivity contribution < 1.29 is 4.39 Å². The number of nitrogens with zero attached hydrogens (tertiary/aromatic N) is 2. The van der Waals surface area contributed by atoms with E-state index in [1.165, 1.54) is 12.1 Å². The summed E-state index contributed by atoms with van der Waals surface area (Å²) in [5.41, 5.74) is 8.41. The van der Waals surface area contributed by atoms with Gasteiger partial charge in [-0.25, -0.2) is 14.4 Å². The van der Waals surface area contributed by atoms with Crippen LogP contribution >= 0.6 is 11.6 Å². The molecule has 2 rings (SSSR count). The number of rotatable bonds is 1. The molecule has 2 N–H and O–H groups in total. The number of hydrogen-bond donors (Lipinski definition) is 1. The van der Waals surface area contributed by atoms with Crippen LogP contribution in [0, 0.1) is 19.7 Å². The Balaban J connectivity index is 2.64. The molecule has 0 fully saturated rings. The van der Waals surface area contributed by atoms with E-state index in [9.17, 15) is 4.39 Å². The van der Waals surface area contributed by atoms with Gasteiger partial charge in [-0.2, -0.15) is 0 Å². The largest absolute Gasteiger partial charge is 0.382 e. The normalized spacial score (nSPS) is 10.6. The van der Waals surface area contributed by atoms with E-state index in [2.05, 4.69) is 9.97 Å². The molecule has 0 aliphatic rings. The Bertz CT molecular complexity index is 584. The lowest BCUT2D eigenvalue weighted by Gasteiger charge is -2.09. The lowest BCUT2D eigenvalue weighted by Crippen LogP contribution is -2.02. The molecule has 0 aliphatic heterocycles. The third kappa shape index (κ3) is 2.22. The molecule has 0 saturated heterocycles. The maximum absolute atomic E-state index is 13.0. The molecule has 3 nitrogen and oxygen atoms in total. The predicted octanol–water partition coefficient (Wildman–Crippen LogP) is 3.14. The Kier molecular flexibility index (Phi) is 2.98. The van der Waals surface area contributed by atoms with E-state index in [4.69, 9.17) is 17.3 Å². The van der Waals surface area contributed by atoms with Crippen LogP contribution in [0.2, 0.25) is 5.02 Å². The minimum atomic E-state index is -0.394. The lowest BCUT2D eigenvalue weighted by molar-refractivity contribution is 0.628. The number of aromatic nitrogens is 2. The van der Waals surface area contributed by atoms with E-state index >= 15 is 0 Å². The van der Waals surface area contributed by atoms with Gasteiger partial charge in [-0.3, -0.25) is 0 Å². The first-order valence-corrected chi connectivity index (χ1v) is 5.43. The highest BCUT2D eigenvalue weighted by Crippen LogP contribution is 2.30. The van der Waals surface area contributed by atoms with Crippen LogP contribution in [0.25, 0.3) is 11.3 Å². The van der Waals surface area contributed by atoms with Crippen LogP contribution in [0.15, 0.2) is 18.2 Å². The minimum Gasteiger partial charge on any atom is -0.382 e. The summed E-state index contributed by atoms with van der Waals surface area (Å²) in [5, 5.41) is 0.272. The van der Waals surface area contributed by atoms with Gasteiger partial charge in [-0.1, -0.05) is 11.6 Å². The van der Waals surface area contributed by atoms with Crippen molar-refractivity contribution >= 4 is 17.4 Å². The van der Waals surface area contributed by atoms with Crippen LogP contribution < -0.4 is 5.73 Å². The highest BCUT2D eigenvalue weighted by Gasteiger charge is 2.12. The second-order valence-electron chi connectivity index (χ2n) is 3.75. The van der Waals surface area contributed by atoms with E-state index in [1.54, 1.807) is 6.07 Å². The lowest BCUT2D eigenvalue weighted by atomic mass is 10.1. The average Bonchev–Trinajstić information content (AvgIpc) is 2.24. The molecule has 0 aliphatic carbocycles. The summed E-state index contributed by atoms with van der Waals surface area (Å²) in [5.74, 6) is -0.101. The van der Waals surface area contributed by atoms with Gasteiger partial charge in [0.15, 0.2) is 0 Å². The molecular formula is C12H11ClFN3. The van der Waals surface area contributed by atoms with Gasteiger partial charge in [-0.05, 0) is 32.0 Å². The summed E-state index contributed by atoms with van der Waals surface area (Å²) in [6.45, 7) is 3.66. The average molecular weight is 252 g/mol. The van der Waals surface area contributed by atoms with Crippen molar-refractivity contribution in [3.63, 3.8) is 0 Å². The standard InChI is InChI=1S/C12H11ClFN3/c1-6-7(2)17-12(15)11(16-6)9-4-3-8(14)5-10(9)13/h3-5H,1-2H3,(H2,15,17). The summed E-state index contributed by atoms with van der Waals surface area (Å²) in [6.07, 6.45) is 0. The van der Waals surface area contributed by atoms with Gasteiger partial charge < -0.3 is 5.73 Å². The number of anilines is 1. The topological polar surface area (TPSA) is 51.8 Å². The molecule has 88 valence electrons. The monoisotopic (exact) mass is 251 g/mol. The molecule has 0 saturated carbocycles. The van der Waals surface area contributed by atoms with Gasteiger partial charge in [0, 0.05) is 5.56 Å². The Morgan fingerprint density at radius 3 is 2.47 bits per heavy atom. The quantitative estimate of drug-likeness (QED) is 0.847. The van der Waals surface area contributed by atoms with E-state index in [-0.39, 0.29) is 5.02 Å². The molecule has 0 radical (unpaired) electrons. The Labute approximate surface area is 103 Å². The molecule has 0 spiro atoms. The molecule has 0 amide bonds. The smallest absolute Gasteiger partial charge is 0.150 e. The Hall–Kier alpha value is -1.68. The molecular weight excluding hydrogens is 241 g/mol. The summed E-state index contributed by atoms with van der Waals surface area (Å²) < 4.78 is 13.0. The summed E-state index contributed by atoms with van der Waals surface area (Å²) in [6, 6.07) is 4.09. The summed E-state index contributed by atoms with van der Waals surface area (Å²) in [4.78, 5) is 8.51. The van der Waals surface area contributed by atoms with Crippen molar-refractivity contribution in [1.29, 1.82) is 0 Å². The number of aryl methyl sites for hydroxylation is 2. The number of nitrogens with two attached hydrogens (primary N) is 1. The molecule has 1 aromatic heterocycles. The highest BCUT2D eigenvalue weighted by atomic mass is 35.5. The van der Waals surface area contributed by atoms with Gasteiger partial charge in [0.25, 0.3) is 0 Å². The molecule has 2 aromatic rings. The van der Waals surface area contributed by atoms with Gasteiger partial charge >= 0.3 is 0 Å². The predicted molar refractivity (Wildman–Crippen MR) is 66.3 cm³/mol. The molecule has 0 unspecified atom stereocenters. The zero-order valence-corrected chi connectivity index (χ0v) is 10.2. The van der Waals surface area contributed by atoms with Crippen LogP contribution in [0.4, 0.5) is 10.2 Å². The van der Waals surface area contributed by atoms with Crippen molar-refractivity contribution in [2.24, 2.45) is 0 Å². The molecule has 0 atom stereocenters. The highest BCUT2D eigenvalue weighted by molar-refractivity contribution is 6.33. The fourth-order valence-corrected chi connectivity index (χ4v) is 1.76. The van der Waals surface area contributed by atoms with Crippen LogP contribution in [0.5, 0.6) is 0 Å². The molecule has 1 heterocycles. The van der Waals surface area contributed by atoms with Gasteiger partial charge in [0.2, 0.25) is 0 Å². The second-order valence-corrected chi connectivity index (χ2v) is 4.16.